The summed E-state index contributed by atoms with van der Waals surface area (Å²) < 4.78 is 5.44. The maximum absolute atomic E-state index is 13.4. The average Bonchev–Trinajstić information content (AvgIpc) is 2.87. The molecule has 128 valence electrons. The monoisotopic (exact) mass is 321 g/mol. The van der Waals surface area contributed by atoms with E-state index in [0.29, 0.717) is 13.0 Å². The van der Waals surface area contributed by atoms with Crippen LogP contribution in [-0.2, 0) is 14.3 Å². The van der Waals surface area contributed by atoms with Crippen LogP contribution in [0.1, 0.15) is 51.4 Å². The number of carboxylic acids is 1. The Kier molecular flexibility index (Phi) is 3.67. The minimum Gasteiger partial charge on any atom is -0.481 e. The van der Waals surface area contributed by atoms with Gasteiger partial charge < -0.3 is 14.7 Å². The third kappa shape index (κ3) is 2.57. The number of ether oxygens (including phenoxy) is 1. The molecule has 5 rings (SSSR count). The average molecular weight is 321 g/mol. The second-order valence-corrected chi connectivity index (χ2v) is 8.50. The Labute approximate surface area is 137 Å². The van der Waals surface area contributed by atoms with Gasteiger partial charge in [0.25, 0.3) is 0 Å². The maximum Gasteiger partial charge on any atom is 0.305 e. The SMILES string of the molecule is COC1CC(CC(=O)O)N(C(=O)C23CC4CC(CC(C4)C2)C3)C1. The Morgan fingerprint density at radius 3 is 2.13 bits per heavy atom. The van der Waals surface area contributed by atoms with Crippen molar-refractivity contribution in [3.05, 3.63) is 0 Å². The van der Waals surface area contributed by atoms with Gasteiger partial charge in [-0.1, -0.05) is 0 Å². The highest BCUT2D eigenvalue weighted by molar-refractivity contribution is 5.84. The van der Waals surface area contributed by atoms with Crippen LogP contribution in [0.2, 0.25) is 0 Å². The number of likely N-dealkylation sites (tertiary alicyclic amines) is 1. The lowest BCUT2D eigenvalue weighted by Crippen LogP contribution is -2.55. The fourth-order valence-corrected chi connectivity index (χ4v) is 6.37. The first-order chi connectivity index (χ1) is 11.0. The van der Waals surface area contributed by atoms with Gasteiger partial charge in [0.05, 0.1) is 17.9 Å². The van der Waals surface area contributed by atoms with E-state index >= 15 is 0 Å². The second-order valence-electron chi connectivity index (χ2n) is 8.50. The first-order valence-electron chi connectivity index (χ1n) is 9.05. The van der Waals surface area contributed by atoms with Gasteiger partial charge in [-0.25, -0.2) is 0 Å². The van der Waals surface area contributed by atoms with E-state index in [1.807, 2.05) is 4.90 Å². The van der Waals surface area contributed by atoms with Crippen LogP contribution in [0.25, 0.3) is 0 Å². The first-order valence-corrected chi connectivity index (χ1v) is 9.05. The van der Waals surface area contributed by atoms with Crippen molar-refractivity contribution in [1.82, 2.24) is 4.90 Å². The van der Waals surface area contributed by atoms with Gasteiger partial charge in [-0.15, -0.1) is 0 Å². The van der Waals surface area contributed by atoms with Crippen LogP contribution >= 0.6 is 0 Å². The highest BCUT2D eigenvalue weighted by atomic mass is 16.5. The molecule has 5 fully saturated rings. The molecule has 2 unspecified atom stereocenters. The van der Waals surface area contributed by atoms with E-state index in [0.717, 1.165) is 37.0 Å². The second kappa shape index (κ2) is 5.47. The number of carboxylic acid groups (broad SMARTS) is 1. The van der Waals surface area contributed by atoms with Crippen LogP contribution in [0.4, 0.5) is 0 Å². The number of methoxy groups -OCH3 is 1. The van der Waals surface area contributed by atoms with Gasteiger partial charge in [0, 0.05) is 19.7 Å². The summed E-state index contributed by atoms with van der Waals surface area (Å²) in [4.78, 5) is 26.5. The molecule has 4 aliphatic carbocycles. The van der Waals surface area contributed by atoms with Crippen molar-refractivity contribution < 1.29 is 19.4 Å². The summed E-state index contributed by atoms with van der Waals surface area (Å²) in [6, 6.07) is -0.196. The predicted octanol–water partition coefficient (Wildman–Crippen LogP) is 2.29. The van der Waals surface area contributed by atoms with Crippen molar-refractivity contribution in [2.24, 2.45) is 23.2 Å². The molecule has 4 bridgehead atoms. The lowest BCUT2D eigenvalue weighted by molar-refractivity contribution is -0.159. The molecule has 1 N–H and O–H groups in total. The minimum absolute atomic E-state index is 0.0165. The van der Waals surface area contributed by atoms with Gasteiger partial charge in [-0.3, -0.25) is 9.59 Å². The highest BCUT2D eigenvalue weighted by Gasteiger charge is 2.57. The molecule has 2 atom stereocenters. The van der Waals surface area contributed by atoms with Crippen molar-refractivity contribution in [1.29, 1.82) is 0 Å². The molecule has 4 saturated carbocycles. The molecule has 23 heavy (non-hydrogen) atoms. The lowest BCUT2D eigenvalue weighted by Gasteiger charge is -2.56. The van der Waals surface area contributed by atoms with E-state index in [1.165, 1.54) is 19.3 Å². The lowest BCUT2D eigenvalue weighted by atomic mass is 9.49. The predicted molar refractivity (Wildman–Crippen MR) is 83.8 cm³/mol. The van der Waals surface area contributed by atoms with Crippen LogP contribution < -0.4 is 0 Å². The summed E-state index contributed by atoms with van der Waals surface area (Å²) in [7, 11) is 1.65. The van der Waals surface area contributed by atoms with Crippen molar-refractivity contribution >= 4 is 11.9 Å². The first kappa shape index (κ1) is 15.4. The fourth-order valence-electron chi connectivity index (χ4n) is 6.37. The quantitative estimate of drug-likeness (QED) is 0.863. The number of nitrogens with zero attached hydrogens (tertiary/aromatic N) is 1. The molecule has 5 nitrogen and oxygen atoms in total. The molecule has 0 aromatic carbocycles. The maximum atomic E-state index is 13.4. The van der Waals surface area contributed by atoms with Crippen LogP contribution in [0.5, 0.6) is 0 Å². The molecule has 0 aromatic heterocycles. The number of amides is 1. The van der Waals surface area contributed by atoms with E-state index < -0.39 is 5.97 Å². The summed E-state index contributed by atoms with van der Waals surface area (Å²) in [5, 5.41) is 9.19. The molecule has 0 aromatic rings. The zero-order chi connectivity index (χ0) is 16.2. The van der Waals surface area contributed by atoms with Gasteiger partial charge in [0.15, 0.2) is 0 Å². The number of carbonyl (C=O) groups is 2. The Bertz CT molecular complexity index is 482. The van der Waals surface area contributed by atoms with E-state index in [1.54, 1.807) is 7.11 Å². The number of aliphatic carboxylic acids is 1. The van der Waals surface area contributed by atoms with Crippen LogP contribution in [0, 0.1) is 23.2 Å². The van der Waals surface area contributed by atoms with Crippen molar-refractivity contribution in [2.75, 3.05) is 13.7 Å². The van der Waals surface area contributed by atoms with E-state index in [-0.39, 0.29) is 29.9 Å². The smallest absolute Gasteiger partial charge is 0.305 e. The highest BCUT2D eigenvalue weighted by Crippen LogP contribution is 2.60. The molecule has 5 aliphatic rings. The van der Waals surface area contributed by atoms with Gasteiger partial charge in [0.2, 0.25) is 5.91 Å². The summed E-state index contributed by atoms with van der Waals surface area (Å²) in [6.45, 7) is 0.565. The molecular weight excluding hydrogens is 294 g/mol. The Morgan fingerprint density at radius 2 is 1.65 bits per heavy atom. The Morgan fingerprint density at radius 1 is 1.09 bits per heavy atom. The van der Waals surface area contributed by atoms with Gasteiger partial charge in [-0.2, -0.15) is 0 Å². The largest absolute Gasteiger partial charge is 0.481 e. The number of hydrogen-bond acceptors (Lipinski definition) is 3. The van der Waals surface area contributed by atoms with E-state index in [2.05, 4.69) is 0 Å². The summed E-state index contributed by atoms with van der Waals surface area (Å²) in [6.07, 6.45) is 7.71. The molecule has 1 amide bonds. The normalized spacial score (nSPS) is 44.7. The minimum atomic E-state index is -0.824. The number of carbonyl (C=O) groups excluding carboxylic acids is 1. The number of hydrogen-bond donors (Lipinski definition) is 1. The molecule has 1 aliphatic heterocycles. The Hall–Kier alpha value is -1.10. The van der Waals surface area contributed by atoms with Crippen molar-refractivity contribution in [2.45, 2.75) is 63.5 Å². The summed E-state index contributed by atoms with van der Waals surface area (Å²) in [5.74, 6) is 1.59. The topological polar surface area (TPSA) is 66.8 Å². The molecule has 5 heteroatoms. The van der Waals surface area contributed by atoms with Gasteiger partial charge in [0.1, 0.15) is 0 Å². The molecule has 1 saturated heterocycles. The number of rotatable bonds is 4. The van der Waals surface area contributed by atoms with Crippen molar-refractivity contribution in [3.8, 4) is 0 Å². The van der Waals surface area contributed by atoms with Crippen LogP contribution in [0.3, 0.4) is 0 Å². The fraction of sp³-hybridized carbons (Fsp3) is 0.889. The molecule has 0 radical (unpaired) electrons. The van der Waals surface area contributed by atoms with E-state index in [4.69, 9.17) is 4.74 Å². The summed E-state index contributed by atoms with van der Waals surface area (Å²) in [5.41, 5.74) is -0.186. The van der Waals surface area contributed by atoms with Crippen LogP contribution in [0.15, 0.2) is 0 Å². The zero-order valence-corrected chi connectivity index (χ0v) is 13.9. The molecule has 0 spiro atoms. The Balaban J connectivity index is 1.56. The van der Waals surface area contributed by atoms with Gasteiger partial charge in [-0.05, 0) is 62.7 Å². The zero-order valence-electron chi connectivity index (χ0n) is 13.9. The third-order valence-electron chi connectivity index (χ3n) is 6.87. The summed E-state index contributed by atoms with van der Waals surface area (Å²) >= 11 is 0. The van der Waals surface area contributed by atoms with Gasteiger partial charge >= 0.3 is 5.97 Å². The van der Waals surface area contributed by atoms with Crippen molar-refractivity contribution in [3.63, 3.8) is 0 Å². The molecular formula is C18H27NO4. The molecule has 1 heterocycles. The van der Waals surface area contributed by atoms with E-state index in [9.17, 15) is 14.7 Å². The third-order valence-corrected chi connectivity index (χ3v) is 6.87. The van der Waals surface area contributed by atoms with Crippen LogP contribution in [-0.4, -0.2) is 47.7 Å². The standard InChI is InChI=1S/C18H27NO4/c1-23-15-5-14(6-16(20)21)19(10-15)17(22)18-7-11-2-12(8-18)4-13(3-11)9-18/h11-15H,2-10H2,1H3,(H,20,21).